The second kappa shape index (κ2) is 6.13. The van der Waals surface area contributed by atoms with Gasteiger partial charge < -0.3 is 19.9 Å². The average Bonchev–Trinajstić information content (AvgIpc) is 2.34. The van der Waals surface area contributed by atoms with E-state index in [1.807, 2.05) is 6.07 Å². The maximum atomic E-state index is 11.9. The van der Waals surface area contributed by atoms with Crippen molar-refractivity contribution in [3.63, 3.8) is 0 Å². The molecule has 2 N–H and O–H groups in total. The van der Waals surface area contributed by atoms with Gasteiger partial charge in [0.1, 0.15) is 0 Å². The molecule has 1 rings (SSSR count). The lowest BCUT2D eigenvalue weighted by atomic mass is 9.86. The number of rotatable bonds is 6. The van der Waals surface area contributed by atoms with Crippen molar-refractivity contribution >= 4 is 5.91 Å². The summed E-state index contributed by atoms with van der Waals surface area (Å²) in [4.78, 5) is 11.9. The Kier molecular flexibility index (Phi) is 5.00. The molecule has 0 aliphatic carbocycles. The second-order valence-electron chi connectivity index (χ2n) is 5.67. The van der Waals surface area contributed by atoms with E-state index in [0.29, 0.717) is 11.5 Å². The Balaban J connectivity index is 2.60. The first-order valence-electron chi connectivity index (χ1n) is 6.46. The summed E-state index contributed by atoms with van der Waals surface area (Å²) in [6.07, 6.45) is 0. The van der Waals surface area contributed by atoms with Crippen LogP contribution in [0.2, 0.25) is 0 Å². The van der Waals surface area contributed by atoms with Crippen molar-refractivity contribution in [2.45, 2.75) is 38.8 Å². The number of aliphatic hydroxyl groups is 1. The minimum absolute atomic E-state index is 0.139. The van der Waals surface area contributed by atoms with E-state index in [9.17, 15) is 9.90 Å². The topological polar surface area (TPSA) is 67.8 Å². The van der Waals surface area contributed by atoms with E-state index in [2.05, 4.69) is 5.32 Å². The summed E-state index contributed by atoms with van der Waals surface area (Å²) in [7, 11) is 1.54. The highest BCUT2D eigenvalue weighted by molar-refractivity contribution is 5.78. The Hall–Kier alpha value is -1.75. The van der Waals surface area contributed by atoms with E-state index in [1.54, 1.807) is 53.0 Å². The SMILES string of the molecule is COc1ccccc1OCC(=O)NC(C)(C)C(C)(C)O. The van der Waals surface area contributed by atoms with Gasteiger partial charge in [0, 0.05) is 0 Å². The first kappa shape index (κ1) is 16.3. The average molecular weight is 281 g/mol. The van der Waals surface area contributed by atoms with Crippen molar-refractivity contribution in [2.75, 3.05) is 13.7 Å². The molecule has 0 aliphatic rings. The van der Waals surface area contributed by atoms with Crippen LogP contribution in [0.15, 0.2) is 24.3 Å². The third kappa shape index (κ3) is 4.13. The van der Waals surface area contributed by atoms with Gasteiger partial charge in [-0.2, -0.15) is 0 Å². The number of carbonyl (C=O) groups excluding carboxylic acids is 1. The van der Waals surface area contributed by atoms with E-state index in [4.69, 9.17) is 9.47 Å². The molecule has 0 spiro atoms. The maximum absolute atomic E-state index is 11.9. The lowest BCUT2D eigenvalue weighted by Gasteiger charge is -2.37. The number of hydrogen-bond acceptors (Lipinski definition) is 4. The first-order valence-corrected chi connectivity index (χ1v) is 6.46. The monoisotopic (exact) mass is 281 g/mol. The normalized spacial score (nSPS) is 11.9. The Morgan fingerprint density at radius 2 is 1.75 bits per heavy atom. The van der Waals surface area contributed by atoms with Crippen molar-refractivity contribution in [3.8, 4) is 11.5 Å². The Morgan fingerprint density at radius 1 is 1.20 bits per heavy atom. The fraction of sp³-hybridized carbons (Fsp3) is 0.533. The lowest BCUT2D eigenvalue weighted by Crippen LogP contribution is -2.58. The molecular formula is C15H23NO4. The number of ether oxygens (including phenoxy) is 2. The molecule has 5 nitrogen and oxygen atoms in total. The lowest BCUT2D eigenvalue weighted by molar-refractivity contribution is -0.128. The number of para-hydroxylation sites is 2. The fourth-order valence-electron chi connectivity index (χ4n) is 1.42. The van der Waals surface area contributed by atoms with Crippen molar-refractivity contribution in [1.82, 2.24) is 5.32 Å². The van der Waals surface area contributed by atoms with E-state index in [1.165, 1.54) is 0 Å². The molecule has 0 aromatic heterocycles. The molecule has 0 heterocycles. The smallest absolute Gasteiger partial charge is 0.258 e. The Morgan fingerprint density at radius 3 is 2.25 bits per heavy atom. The van der Waals surface area contributed by atoms with Gasteiger partial charge in [-0.3, -0.25) is 4.79 Å². The molecule has 0 aliphatic heterocycles. The molecule has 0 radical (unpaired) electrons. The number of benzene rings is 1. The highest BCUT2D eigenvalue weighted by Crippen LogP contribution is 2.25. The van der Waals surface area contributed by atoms with Crippen molar-refractivity contribution in [3.05, 3.63) is 24.3 Å². The minimum Gasteiger partial charge on any atom is -0.493 e. The van der Waals surface area contributed by atoms with E-state index in [0.717, 1.165) is 0 Å². The summed E-state index contributed by atoms with van der Waals surface area (Å²) in [5.74, 6) is 0.774. The molecule has 0 atom stereocenters. The number of amides is 1. The highest BCUT2D eigenvalue weighted by atomic mass is 16.5. The van der Waals surface area contributed by atoms with Crippen LogP contribution in [0.3, 0.4) is 0 Å². The van der Waals surface area contributed by atoms with E-state index in [-0.39, 0.29) is 12.5 Å². The third-order valence-corrected chi connectivity index (χ3v) is 3.41. The minimum atomic E-state index is -1.03. The molecular weight excluding hydrogens is 258 g/mol. The zero-order chi connectivity index (χ0) is 15.4. The fourth-order valence-corrected chi connectivity index (χ4v) is 1.42. The summed E-state index contributed by atoms with van der Waals surface area (Å²) < 4.78 is 10.6. The number of nitrogens with one attached hydrogen (secondary N) is 1. The van der Waals surface area contributed by atoms with Gasteiger partial charge in [0.2, 0.25) is 0 Å². The van der Waals surface area contributed by atoms with Crippen LogP contribution in [0.5, 0.6) is 11.5 Å². The van der Waals surface area contributed by atoms with Gasteiger partial charge in [-0.15, -0.1) is 0 Å². The molecule has 5 heteroatoms. The summed E-state index contributed by atoms with van der Waals surface area (Å²) in [6.45, 7) is 6.67. The maximum Gasteiger partial charge on any atom is 0.258 e. The van der Waals surface area contributed by atoms with Crippen LogP contribution >= 0.6 is 0 Å². The van der Waals surface area contributed by atoms with Crippen LogP contribution in [0, 0.1) is 0 Å². The number of carbonyl (C=O) groups is 1. The summed E-state index contributed by atoms with van der Waals surface area (Å²) in [5.41, 5.74) is -1.79. The van der Waals surface area contributed by atoms with Gasteiger partial charge in [0.05, 0.1) is 18.2 Å². The number of methoxy groups -OCH3 is 1. The standard InChI is InChI=1S/C15H23NO4/c1-14(2,15(3,4)18)16-13(17)10-20-12-9-7-6-8-11(12)19-5/h6-9,18H,10H2,1-5H3,(H,16,17). The van der Waals surface area contributed by atoms with E-state index < -0.39 is 11.1 Å². The highest BCUT2D eigenvalue weighted by Gasteiger charge is 2.36. The molecule has 112 valence electrons. The zero-order valence-corrected chi connectivity index (χ0v) is 12.7. The number of hydrogen-bond donors (Lipinski definition) is 2. The van der Waals surface area contributed by atoms with Crippen LogP contribution in [0.1, 0.15) is 27.7 Å². The van der Waals surface area contributed by atoms with Gasteiger partial charge in [0.25, 0.3) is 5.91 Å². The summed E-state index contributed by atoms with van der Waals surface area (Å²) in [6, 6.07) is 7.11. The van der Waals surface area contributed by atoms with Gasteiger partial charge in [-0.25, -0.2) is 0 Å². The molecule has 20 heavy (non-hydrogen) atoms. The predicted molar refractivity (Wildman–Crippen MR) is 77.0 cm³/mol. The van der Waals surface area contributed by atoms with Crippen LogP contribution in [0.4, 0.5) is 0 Å². The molecule has 0 saturated heterocycles. The van der Waals surface area contributed by atoms with Crippen LogP contribution < -0.4 is 14.8 Å². The van der Waals surface area contributed by atoms with Crippen LogP contribution in [0.25, 0.3) is 0 Å². The molecule has 1 aromatic rings. The van der Waals surface area contributed by atoms with Gasteiger partial charge in [-0.05, 0) is 39.8 Å². The molecule has 0 fully saturated rings. The van der Waals surface area contributed by atoms with Crippen molar-refractivity contribution in [1.29, 1.82) is 0 Å². The van der Waals surface area contributed by atoms with E-state index >= 15 is 0 Å². The third-order valence-electron chi connectivity index (χ3n) is 3.41. The second-order valence-corrected chi connectivity index (χ2v) is 5.67. The van der Waals surface area contributed by atoms with Crippen molar-refractivity contribution < 1.29 is 19.4 Å². The predicted octanol–water partition coefficient (Wildman–Crippen LogP) is 1.74. The molecule has 0 bridgehead atoms. The molecule has 0 saturated carbocycles. The first-order chi connectivity index (χ1) is 9.17. The van der Waals surface area contributed by atoms with Gasteiger partial charge in [-0.1, -0.05) is 12.1 Å². The van der Waals surface area contributed by atoms with Crippen LogP contribution in [-0.4, -0.2) is 35.9 Å². The quantitative estimate of drug-likeness (QED) is 0.833. The molecule has 0 unspecified atom stereocenters. The zero-order valence-electron chi connectivity index (χ0n) is 12.7. The Labute approximate surface area is 119 Å². The van der Waals surface area contributed by atoms with Crippen LogP contribution in [-0.2, 0) is 4.79 Å². The van der Waals surface area contributed by atoms with Crippen molar-refractivity contribution in [2.24, 2.45) is 0 Å². The summed E-state index contributed by atoms with van der Waals surface area (Å²) >= 11 is 0. The van der Waals surface area contributed by atoms with Gasteiger partial charge in [0.15, 0.2) is 18.1 Å². The Bertz CT molecular complexity index is 463. The summed E-state index contributed by atoms with van der Waals surface area (Å²) in [5, 5.41) is 12.7. The molecule has 1 aromatic carbocycles. The largest absolute Gasteiger partial charge is 0.493 e. The van der Waals surface area contributed by atoms with Gasteiger partial charge >= 0.3 is 0 Å². The molecule has 1 amide bonds.